The van der Waals surface area contributed by atoms with Crippen molar-refractivity contribution in [1.29, 1.82) is 0 Å². The SMILES string of the molecule is O=C(NCCC(O)c1cccs1)c1cc(Cl)ccc1Cl. The van der Waals surface area contributed by atoms with Crippen LogP contribution >= 0.6 is 34.5 Å². The molecular formula is C14H13Cl2NO2S. The van der Waals surface area contributed by atoms with Crippen molar-refractivity contribution in [3.63, 3.8) is 0 Å². The van der Waals surface area contributed by atoms with Crippen LogP contribution < -0.4 is 5.32 Å². The first-order chi connectivity index (χ1) is 9.58. The van der Waals surface area contributed by atoms with E-state index in [1.165, 1.54) is 17.4 Å². The van der Waals surface area contributed by atoms with Crippen LogP contribution in [0.5, 0.6) is 0 Å². The van der Waals surface area contributed by atoms with Gasteiger partial charge < -0.3 is 10.4 Å². The number of hydrogen-bond donors (Lipinski definition) is 2. The molecule has 1 atom stereocenters. The van der Waals surface area contributed by atoms with E-state index in [4.69, 9.17) is 23.2 Å². The third-order valence-electron chi connectivity index (χ3n) is 2.75. The molecular weight excluding hydrogens is 317 g/mol. The van der Waals surface area contributed by atoms with Crippen molar-refractivity contribution in [3.8, 4) is 0 Å². The van der Waals surface area contributed by atoms with Gasteiger partial charge in [0.2, 0.25) is 0 Å². The molecule has 20 heavy (non-hydrogen) atoms. The number of hydrogen-bond acceptors (Lipinski definition) is 3. The van der Waals surface area contributed by atoms with E-state index in [9.17, 15) is 9.90 Å². The number of aliphatic hydroxyl groups excluding tert-OH is 1. The van der Waals surface area contributed by atoms with E-state index in [2.05, 4.69) is 5.32 Å². The Morgan fingerprint density at radius 2 is 2.15 bits per heavy atom. The molecule has 6 heteroatoms. The van der Waals surface area contributed by atoms with E-state index in [1.807, 2.05) is 17.5 Å². The standard InChI is InChI=1S/C14H13Cl2NO2S/c15-9-3-4-11(16)10(8-9)14(19)17-6-5-12(18)13-2-1-7-20-13/h1-4,7-8,12,18H,5-6H2,(H,17,19). The van der Waals surface area contributed by atoms with Gasteiger partial charge in [0.1, 0.15) is 0 Å². The molecule has 0 aliphatic carbocycles. The van der Waals surface area contributed by atoms with E-state index >= 15 is 0 Å². The monoisotopic (exact) mass is 329 g/mol. The van der Waals surface area contributed by atoms with E-state index in [0.717, 1.165) is 4.88 Å². The molecule has 2 rings (SSSR count). The molecule has 0 saturated carbocycles. The van der Waals surface area contributed by atoms with Gasteiger partial charge in [-0.2, -0.15) is 0 Å². The molecule has 1 unspecified atom stereocenters. The van der Waals surface area contributed by atoms with Crippen LogP contribution in [0.4, 0.5) is 0 Å². The number of nitrogens with one attached hydrogen (secondary N) is 1. The zero-order valence-electron chi connectivity index (χ0n) is 10.5. The molecule has 1 aromatic carbocycles. The summed E-state index contributed by atoms with van der Waals surface area (Å²) < 4.78 is 0. The molecule has 1 aromatic heterocycles. The zero-order valence-corrected chi connectivity index (χ0v) is 12.8. The van der Waals surface area contributed by atoms with Gasteiger partial charge in [-0.05, 0) is 36.1 Å². The summed E-state index contributed by atoms with van der Waals surface area (Å²) >= 11 is 13.3. The smallest absolute Gasteiger partial charge is 0.252 e. The topological polar surface area (TPSA) is 49.3 Å². The van der Waals surface area contributed by atoms with Crippen molar-refractivity contribution >= 4 is 40.4 Å². The second kappa shape index (κ2) is 7.09. The fraction of sp³-hybridized carbons (Fsp3) is 0.214. The summed E-state index contributed by atoms with van der Waals surface area (Å²) in [7, 11) is 0. The summed E-state index contributed by atoms with van der Waals surface area (Å²) in [6.45, 7) is 0.362. The Morgan fingerprint density at radius 1 is 1.35 bits per heavy atom. The maximum absolute atomic E-state index is 12.0. The first kappa shape index (κ1) is 15.3. The van der Waals surface area contributed by atoms with E-state index in [1.54, 1.807) is 12.1 Å². The van der Waals surface area contributed by atoms with Crippen LogP contribution in [0.1, 0.15) is 27.8 Å². The van der Waals surface area contributed by atoms with Crippen LogP contribution in [0.3, 0.4) is 0 Å². The number of thiophene rings is 1. The van der Waals surface area contributed by atoms with Gasteiger partial charge in [-0.25, -0.2) is 0 Å². The molecule has 3 nitrogen and oxygen atoms in total. The van der Waals surface area contributed by atoms with Gasteiger partial charge in [0, 0.05) is 16.4 Å². The zero-order chi connectivity index (χ0) is 14.5. The molecule has 1 heterocycles. The highest BCUT2D eigenvalue weighted by Gasteiger charge is 2.12. The minimum Gasteiger partial charge on any atom is -0.388 e. The first-order valence-electron chi connectivity index (χ1n) is 6.02. The lowest BCUT2D eigenvalue weighted by Crippen LogP contribution is -2.25. The maximum atomic E-state index is 12.0. The van der Waals surface area contributed by atoms with Gasteiger partial charge in [-0.1, -0.05) is 29.3 Å². The predicted molar refractivity (Wildman–Crippen MR) is 82.7 cm³/mol. The average Bonchev–Trinajstić information content (AvgIpc) is 2.95. The number of halogens is 2. The van der Waals surface area contributed by atoms with E-state index in [0.29, 0.717) is 28.6 Å². The Labute approximate surface area is 131 Å². The molecule has 0 aliphatic rings. The molecule has 0 spiro atoms. The largest absolute Gasteiger partial charge is 0.388 e. The van der Waals surface area contributed by atoms with Gasteiger partial charge in [-0.15, -0.1) is 11.3 Å². The lowest BCUT2D eigenvalue weighted by molar-refractivity contribution is 0.0943. The Hall–Kier alpha value is -1.07. The highest BCUT2D eigenvalue weighted by atomic mass is 35.5. The number of aliphatic hydroxyl groups is 1. The molecule has 2 N–H and O–H groups in total. The van der Waals surface area contributed by atoms with E-state index < -0.39 is 6.10 Å². The average molecular weight is 330 g/mol. The quantitative estimate of drug-likeness (QED) is 0.873. The van der Waals surface area contributed by atoms with Gasteiger partial charge in [0.15, 0.2) is 0 Å². The summed E-state index contributed by atoms with van der Waals surface area (Å²) in [5, 5.41) is 15.3. The first-order valence-corrected chi connectivity index (χ1v) is 7.66. The Bertz CT molecular complexity index is 587. The number of rotatable bonds is 5. The molecule has 2 aromatic rings. The molecule has 0 bridgehead atoms. The van der Waals surface area contributed by atoms with Gasteiger partial charge in [0.05, 0.1) is 16.7 Å². The van der Waals surface area contributed by atoms with Crippen LogP contribution in [0.15, 0.2) is 35.7 Å². The van der Waals surface area contributed by atoms with Gasteiger partial charge in [0.25, 0.3) is 5.91 Å². The molecule has 0 radical (unpaired) electrons. The Morgan fingerprint density at radius 3 is 2.85 bits per heavy atom. The van der Waals surface area contributed by atoms with Crippen molar-refractivity contribution in [2.45, 2.75) is 12.5 Å². The number of benzene rings is 1. The van der Waals surface area contributed by atoms with Crippen LogP contribution in [-0.2, 0) is 0 Å². The van der Waals surface area contributed by atoms with Crippen molar-refractivity contribution in [1.82, 2.24) is 5.32 Å². The Balaban J connectivity index is 1.88. The van der Waals surface area contributed by atoms with Crippen LogP contribution in [-0.4, -0.2) is 17.6 Å². The molecule has 1 amide bonds. The van der Waals surface area contributed by atoms with E-state index in [-0.39, 0.29) is 5.91 Å². The predicted octanol–water partition coefficient (Wildman–Crippen LogP) is 3.91. The van der Waals surface area contributed by atoms with Crippen LogP contribution in [0, 0.1) is 0 Å². The summed E-state index contributed by atoms with van der Waals surface area (Å²) in [4.78, 5) is 12.8. The normalized spacial score (nSPS) is 12.2. The molecule has 0 aliphatic heterocycles. The number of carbonyl (C=O) groups is 1. The van der Waals surface area contributed by atoms with Gasteiger partial charge in [-0.3, -0.25) is 4.79 Å². The lowest BCUT2D eigenvalue weighted by Gasteiger charge is -2.10. The van der Waals surface area contributed by atoms with Crippen LogP contribution in [0.2, 0.25) is 10.0 Å². The van der Waals surface area contributed by atoms with Crippen molar-refractivity contribution in [2.75, 3.05) is 6.54 Å². The molecule has 0 fully saturated rings. The molecule has 106 valence electrons. The second-order valence-corrected chi connectivity index (χ2v) is 6.02. The van der Waals surface area contributed by atoms with Crippen molar-refractivity contribution in [2.24, 2.45) is 0 Å². The second-order valence-electron chi connectivity index (χ2n) is 4.20. The fourth-order valence-corrected chi connectivity index (χ4v) is 2.83. The summed E-state index contributed by atoms with van der Waals surface area (Å²) in [5.41, 5.74) is 0.338. The minimum absolute atomic E-state index is 0.295. The molecule has 0 saturated heterocycles. The van der Waals surface area contributed by atoms with Gasteiger partial charge >= 0.3 is 0 Å². The maximum Gasteiger partial charge on any atom is 0.252 e. The summed E-state index contributed by atoms with van der Waals surface area (Å²) in [6.07, 6.45) is -0.116. The number of amides is 1. The summed E-state index contributed by atoms with van der Waals surface area (Å²) in [5.74, 6) is -0.295. The van der Waals surface area contributed by atoms with Crippen molar-refractivity contribution in [3.05, 3.63) is 56.2 Å². The Kier molecular flexibility index (Phi) is 5.43. The van der Waals surface area contributed by atoms with Crippen molar-refractivity contribution < 1.29 is 9.90 Å². The lowest BCUT2D eigenvalue weighted by atomic mass is 10.2. The number of carbonyl (C=O) groups excluding carboxylic acids is 1. The highest BCUT2D eigenvalue weighted by Crippen LogP contribution is 2.22. The van der Waals surface area contributed by atoms with Crippen LogP contribution in [0.25, 0.3) is 0 Å². The highest BCUT2D eigenvalue weighted by molar-refractivity contribution is 7.10. The summed E-state index contributed by atoms with van der Waals surface area (Å²) in [6, 6.07) is 8.48. The third-order valence-corrected chi connectivity index (χ3v) is 4.29. The minimum atomic E-state index is -0.565. The fourth-order valence-electron chi connectivity index (χ4n) is 1.71. The third kappa shape index (κ3) is 3.96.